The maximum absolute atomic E-state index is 14.2. The number of hydrogen-bond acceptors (Lipinski definition) is 4. The smallest absolute Gasteiger partial charge is 0.209 e. The second-order valence-electron chi connectivity index (χ2n) is 7.62. The monoisotopic (exact) mass is 395 g/mol. The molecule has 0 aliphatic carbocycles. The Labute approximate surface area is 170 Å². The van der Waals surface area contributed by atoms with Gasteiger partial charge >= 0.3 is 0 Å². The number of nitrogens with zero attached hydrogens (tertiary/aromatic N) is 5. The van der Waals surface area contributed by atoms with Gasteiger partial charge in [-0.25, -0.2) is 9.07 Å². The van der Waals surface area contributed by atoms with E-state index in [-0.39, 0.29) is 11.9 Å². The summed E-state index contributed by atoms with van der Waals surface area (Å²) in [5, 5.41) is 12.7. The van der Waals surface area contributed by atoms with E-state index in [9.17, 15) is 4.39 Å². The topological polar surface area (TPSA) is 51.3 Å². The van der Waals surface area contributed by atoms with Crippen molar-refractivity contribution in [2.75, 3.05) is 31.1 Å². The highest BCUT2D eigenvalue weighted by Gasteiger charge is 2.32. The van der Waals surface area contributed by atoms with Gasteiger partial charge in [0.15, 0.2) is 0 Å². The Bertz CT molecular complexity index is 904. The molecule has 6 nitrogen and oxygen atoms in total. The van der Waals surface area contributed by atoms with Gasteiger partial charge in [0.05, 0.1) is 38.4 Å². The van der Waals surface area contributed by atoms with Crippen LogP contribution in [0.1, 0.15) is 37.2 Å². The molecule has 2 heterocycles. The fourth-order valence-electron chi connectivity index (χ4n) is 4.23. The molecule has 1 saturated heterocycles. The summed E-state index contributed by atoms with van der Waals surface area (Å²) in [6.07, 6.45) is 2.10. The first-order valence-corrected chi connectivity index (χ1v) is 10.4. The van der Waals surface area contributed by atoms with Gasteiger partial charge in [-0.2, -0.15) is 0 Å². The third-order valence-electron chi connectivity index (χ3n) is 5.72. The lowest BCUT2D eigenvalue weighted by molar-refractivity contribution is -0.933. The zero-order valence-electron chi connectivity index (χ0n) is 16.8. The SMILES string of the molecule is CCC[C@@H](c1nnnn1Cc1ccccc1)[NH+]1CCN(c2ccccc2F)CC1. The Hall–Kier alpha value is -2.80. The van der Waals surface area contributed by atoms with Crippen LogP contribution < -0.4 is 9.80 Å². The summed E-state index contributed by atoms with van der Waals surface area (Å²) in [6, 6.07) is 17.6. The fourth-order valence-corrected chi connectivity index (χ4v) is 4.23. The van der Waals surface area contributed by atoms with Gasteiger partial charge in [0.2, 0.25) is 5.82 Å². The molecule has 4 rings (SSSR count). The van der Waals surface area contributed by atoms with Crippen molar-refractivity contribution < 1.29 is 9.29 Å². The van der Waals surface area contributed by atoms with Crippen molar-refractivity contribution >= 4 is 5.69 Å². The Morgan fingerprint density at radius 3 is 2.48 bits per heavy atom. The number of piperazine rings is 1. The fraction of sp³-hybridized carbons (Fsp3) is 0.409. The van der Waals surface area contributed by atoms with Crippen molar-refractivity contribution in [3.05, 3.63) is 71.8 Å². The first-order chi connectivity index (χ1) is 14.3. The molecular formula is C22H28FN6+. The lowest BCUT2D eigenvalue weighted by atomic mass is 10.1. The van der Waals surface area contributed by atoms with E-state index in [2.05, 4.69) is 39.5 Å². The number of benzene rings is 2. The van der Waals surface area contributed by atoms with Crippen molar-refractivity contribution in [1.29, 1.82) is 0 Å². The first kappa shape index (κ1) is 19.5. The number of halogens is 1. The number of anilines is 1. The van der Waals surface area contributed by atoms with E-state index < -0.39 is 0 Å². The zero-order chi connectivity index (χ0) is 20.1. The number of rotatable bonds is 7. The molecule has 1 atom stereocenters. The van der Waals surface area contributed by atoms with Crippen LogP contribution in [0.5, 0.6) is 0 Å². The minimum absolute atomic E-state index is 0.145. The minimum atomic E-state index is -0.145. The number of nitrogens with one attached hydrogen (secondary N) is 1. The Morgan fingerprint density at radius 2 is 1.76 bits per heavy atom. The number of para-hydroxylation sites is 1. The third-order valence-corrected chi connectivity index (χ3v) is 5.72. The van der Waals surface area contributed by atoms with E-state index in [1.807, 2.05) is 35.0 Å². The second-order valence-corrected chi connectivity index (χ2v) is 7.62. The molecule has 0 spiro atoms. The molecule has 1 N–H and O–H groups in total. The lowest BCUT2D eigenvalue weighted by Gasteiger charge is -2.37. The molecule has 29 heavy (non-hydrogen) atoms. The van der Waals surface area contributed by atoms with Gasteiger partial charge in [0.25, 0.3) is 0 Å². The van der Waals surface area contributed by atoms with Gasteiger partial charge in [0.1, 0.15) is 11.9 Å². The molecule has 0 saturated carbocycles. The summed E-state index contributed by atoms with van der Waals surface area (Å²) in [5.41, 5.74) is 1.89. The van der Waals surface area contributed by atoms with E-state index >= 15 is 0 Å². The van der Waals surface area contributed by atoms with Crippen molar-refractivity contribution in [3.8, 4) is 0 Å². The summed E-state index contributed by atoms with van der Waals surface area (Å²) in [4.78, 5) is 3.62. The van der Waals surface area contributed by atoms with E-state index in [0.717, 1.165) is 44.8 Å². The molecular weight excluding hydrogens is 367 g/mol. The molecule has 3 aromatic rings. The van der Waals surface area contributed by atoms with Crippen LogP contribution in [-0.2, 0) is 6.54 Å². The largest absolute Gasteiger partial charge is 0.358 e. The molecule has 1 aliphatic rings. The van der Waals surface area contributed by atoms with Crippen LogP contribution in [-0.4, -0.2) is 46.4 Å². The van der Waals surface area contributed by atoms with Crippen LogP contribution in [0.15, 0.2) is 54.6 Å². The number of hydrogen-bond donors (Lipinski definition) is 1. The zero-order valence-corrected chi connectivity index (χ0v) is 16.8. The van der Waals surface area contributed by atoms with Crippen LogP contribution in [0, 0.1) is 5.82 Å². The molecule has 152 valence electrons. The number of quaternary nitrogens is 1. The van der Waals surface area contributed by atoms with Gasteiger partial charge in [-0.15, -0.1) is 5.10 Å². The summed E-state index contributed by atoms with van der Waals surface area (Å²) in [6.45, 7) is 6.42. The third kappa shape index (κ3) is 4.45. The van der Waals surface area contributed by atoms with Crippen LogP contribution in [0.2, 0.25) is 0 Å². The van der Waals surface area contributed by atoms with Crippen LogP contribution in [0.25, 0.3) is 0 Å². The average Bonchev–Trinajstić information content (AvgIpc) is 3.21. The second kappa shape index (κ2) is 9.13. The van der Waals surface area contributed by atoms with Crippen molar-refractivity contribution in [3.63, 3.8) is 0 Å². The predicted octanol–water partition coefficient (Wildman–Crippen LogP) is 2.11. The number of tetrazole rings is 1. The molecule has 0 radical (unpaired) electrons. The van der Waals surface area contributed by atoms with Crippen LogP contribution in [0.3, 0.4) is 0 Å². The Kier molecular flexibility index (Phi) is 6.14. The van der Waals surface area contributed by atoms with Crippen molar-refractivity contribution in [1.82, 2.24) is 20.2 Å². The summed E-state index contributed by atoms with van der Waals surface area (Å²) in [5.74, 6) is 0.804. The Balaban J connectivity index is 1.48. The van der Waals surface area contributed by atoms with E-state index in [1.165, 1.54) is 16.5 Å². The molecule has 7 heteroatoms. The first-order valence-electron chi connectivity index (χ1n) is 10.4. The maximum Gasteiger partial charge on any atom is 0.209 e. The predicted molar refractivity (Wildman–Crippen MR) is 110 cm³/mol. The highest BCUT2D eigenvalue weighted by Crippen LogP contribution is 2.19. The van der Waals surface area contributed by atoms with Crippen LogP contribution in [0.4, 0.5) is 10.1 Å². The van der Waals surface area contributed by atoms with Gasteiger partial charge < -0.3 is 9.80 Å². The molecule has 0 bridgehead atoms. The van der Waals surface area contributed by atoms with Crippen molar-refractivity contribution in [2.45, 2.75) is 32.4 Å². The van der Waals surface area contributed by atoms with Gasteiger partial charge in [-0.05, 0) is 28.1 Å². The maximum atomic E-state index is 14.2. The normalized spacial score (nSPS) is 16.1. The quantitative estimate of drug-likeness (QED) is 0.666. The van der Waals surface area contributed by atoms with Crippen molar-refractivity contribution in [2.24, 2.45) is 0 Å². The summed E-state index contributed by atoms with van der Waals surface area (Å²) in [7, 11) is 0. The standard InChI is InChI=1S/C22H27FN6/c1-2-8-21(22-24-25-26-29(22)17-18-9-4-3-5-10-18)28-15-13-27(14-16-28)20-12-7-6-11-19(20)23/h3-7,9-12,21H,2,8,13-17H2,1H3/p+1/t21-/m0/s1. The highest BCUT2D eigenvalue weighted by molar-refractivity contribution is 5.47. The molecule has 1 fully saturated rings. The van der Waals surface area contributed by atoms with E-state index in [1.54, 1.807) is 6.07 Å². The van der Waals surface area contributed by atoms with E-state index in [4.69, 9.17) is 0 Å². The molecule has 2 aromatic carbocycles. The van der Waals surface area contributed by atoms with Gasteiger partial charge in [-0.1, -0.05) is 55.8 Å². The lowest BCUT2D eigenvalue weighted by Crippen LogP contribution is -3.15. The van der Waals surface area contributed by atoms with Gasteiger partial charge in [0, 0.05) is 6.42 Å². The average molecular weight is 396 g/mol. The molecule has 0 unspecified atom stereocenters. The van der Waals surface area contributed by atoms with Crippen LogP contribution >= 0.6 is 0 Å². The number of aromatic nitrogens is 4. The summed E-state index contributed by atoms with van der Waals surface area (Å²) >= 11 is 0. The molecule has 1 aromatic heterocycles. The molecule has 0 amide bonds. The summed E-state index contributed by atoms with van der Waals surface area (Å²) < 4.78 is 16.1. The Morgan fingerprint density at radius 1 is 1.03 bits per heavy atom. The van der Waals surface area contributed by atoms with E-state index in [0.29, 0.717) is 12.2 Å². The minimum Gasteiger partial charge on any atom is -0.358 e. The molecule has 1 aliphatic heterocycles. The van der Waals surface area contributed by atoms with Gasteiger partial charge in [-0.3, -0.25) is 0 Å². The highest BCUT2D eigenvalue weighted by atomic mass is 19.1.